The summed E-state index contributed by atoms with van der Waals surface area (Å²) >= 11 is 0. The molecule has 0 spiro atoms. The van der Waals surface area contributed by atoms with Crippen molar-refractivity contribution in [3.63, 3.8) is 0 Å². The van der Waals surface area contributed by atoms with Gasteiger partial charge in [-0.05, 0) is 89.9 Å². The standard InChI is InChI=1S/C60H98O6/c1-4-7-10-13-16-19-22-25-28-29-30-31-33-35-38-41-44-47-50-53-59(62)65-56-57(55-64-58(61)52-49-46-43-40-37-34-27-24-21-18-15-12-9-6-3)66-60(63)54-51-48-45-42-39-36-32-26-23-20-17-14-11-8-5-2/h7,9-10,12,16,18-19,21,25,27-28,30-31,34-35,38,44,47,57H,4-6,8,11,13-15,17,20,22-24,26,29,32-33,36-37,39-43,45-46,48-56H2,1-3H3/b10-7-,12-9-,19-16-,21-18-,28-25-,31-30-,34-27-,38-35-,47-44-. The number of rotatable bonds is 47. The van der Waals surface area contributed by atoms with Crippen LogP contribution in [0, 0.1) is 0 Å². The first-order valence-corrected chi connectivity index (χ1v) is 26.9. The van der Waals surface area contributed by atoms with Crippen molar-refractivity contribution in [1.29, 1.82) is 0 Å². The highest BCUT2D eigenvalue weighted by Crippen LogP contribution is 2.15. The van der Waals surface area contributed by atoms with Gasteiger partial charge in [-0.15, -0.1) is 0 Å². The molecule has 0 aliphatic rings. The number of esters is 3. The zero-order chi connectivity index (χ0) is 47.9. The van der Waals surface area contributed by atoms with E-state index < -0.39 is 6.10 Å². The molecule has 0 aromatic carbocycles. The zero-order valence-electron chi connectivity index (χ0n) is 42.7. The molecule has 0 aliphatic carbocycles. The summed E-state index contributed by atoms with van der Waals surface area (Å²) in [6.07, 6.45) is 72.3. The molecule has 6 nitrogen and oxygen atoms in total. The van der Waals surface area contributed by atoms with Crippen molar-refractivity contribution in [3.05, 3.63) is 109 Å². The van der Waals surface area contributed by atoms with E-state index in [0.29, 0.717) is 19.3 Å². The summed E-state index contributed by atoms with van der Waals surface area (Å²) in [5.41, 5.74) is 0. The maximum Gasteiger partial charge on any atom is 0.306 e. The Bertz CT molecular complexity index is 1370. The molecule has 0 saturated heterocycles. The molecule has 0 aliphatic heterocycles. The molecule has 1 unspecified atom stereocenters. The van der Waals surface area contributed by atoms with E-state index in [4.69, 9.17) is 14.2 Å². The summed E-state index contributed by atoms with van der Waals surface area (Å²) in [5.74, 6) is -1.02. The molecule has 66 heavy (non-hydrogen) atoms. The van der Waals surface area contributed by atoms with Crippen molar-refractivity contribution in [2.45, 2.75) is 239 Å². The van der Waals surface area contributed by atoms with Crippen molar-refractivity contribution in [2.24, 2.45) is 0 Å². The van der Waals surface area contributed by atoms with Gasteiger partial charge in [0.15, 0.2) is 6.10 Å². The third kappa shape index (κ3) is 51.1. The first-order chi connectivity index (χ1) is 32.5. The second-order valence-electron chi connectivity index (χ2n) is 17.4. The van der Waals surface area contributed by atoms with Gasteiger partial charge in [0, 0.05) is 19.3 Å². The fourth-order valence-electron chi connectivity index (χ4n) is 7.07. The van der Waals surface area contributed by atoms with Crippen LogP contribution in [0.1, 0.15) is 233 Å². The van der Waals surface area contributed by atoms with Crippen LogP contribution in [0.3, 0.4) is 0 Å². The average molecular weight is 915 g/mol. The quantitative estimate of drug-likeness (QED) is 0.0262. The van der Waals surface area contributed by atoms with Crippen LogP contribution >= 0.6 is 0 Å². The van der Waals surface area contributed by atoms with Crippen LogP contribution in [0.2, 0.25) is 0 Å². The summed E-state index contributed by atoms with van der Waals surface area (Å²) in [6.45, 7) is 6.33. The molecule has 6 heteroatoms. The molecule has 0 fully saturated rings. The molecule has 0 radical (unpaired) electrons. The third-order valence-corrected chi connectivity index (χ3v) is 11.0. The van der Waals surface area contributed by atoms with Gasteiger partial charge in [0.05, 0.1) is 0 Å². The summed E-state index contributed by atoms with van der Waals surface area (Å²) < 4.78 is 16.7. The van der Waals surface area contributed by atoms with Gasteiger partial charge in [0.25, 0.3) is 0 Å². The number of hydrogen-bond donors (Lipinski definition) is 0. The fourth-order valence-corrected chi connectivity index (χ4v) is 7.07. The van der Waals surface area contributed by atoms with Crippen LogP contribution in [0.25, 0.3) is 0 Å². The summed E-state index contributed by atoms with van der Waals surface area (Å²) in [5, 5.41) is 0. The Kier molecular flexibility index (Phi) is 50.5. The van der Waals surface area contributed by atoms with Crippen LogP contribution in [-0.2, 0) is 28.6 Å². The Morgan fingerprint density at radius 1 is 0.318 bits per heavy atom. The van der Waals surface area contributed by atoms with Crippen LogP contribution in [0.4, 0.5) is 0 Å². The van der Waals surface area contributed by atoms with Crippen molar-refractivity contribution in [3.8, 4) is 0 Å². The zero-order valence-corrected chi connectivity index (χ0v) is 42.7. The van der Waals surface area contributed by atoms with E-state index in [9.17, 15) is 14.4 Å². The Morgan fingerprint density at radius 2 is 0.621 bits per heavy atom. The number of hydrogen-bond acceptors (Lipinski definition) is 6. The Hall–Kier alpha value is -3.93. The van der Waals surface area contributed by atoms with Gasteiger partial charge < -0.3 is 14.2 Å². The minimum Gasteiger partial charge on any atom is -0.462 e. The van der Waals surface area contributed by atoms with E-state index >= 15 is 0 Å². The molecule has 1 atom stereocenters. The fraction of sp³-hybridized carbons (Fsp3) is 0.650. The number of ether oxygens (including phenoxy) is 3. The highest BCUT2D eigenvalue weighted by Gasteiger charge is 2.19. The molecular weight excluding hydrogens is 817 g/mol. The molecule has 0 rings (SSSR count). The Labute approximate surface area is 406 Å². The molecular formula is C60H98O6. The van der Waals surface area contributed by atoms with E-state index in [0.717, 1.165) is 109 Å². The van der Waals surface area contributed by atoms with Gasteiger partial charge >= 0.3 is 17.9 Å². The average Bonchev–Trinajstić information content (AvgIpc) is 3.31. The Morgan fingerprint density at radius 3 is 1.02 bits per heavy atom. The summed E-state index contributed by atoms with van der Waals surface area (Å²) in [6, 6.07) is 0. The summed E-state index contributed by atoms with van der Waals surface area (Å²) in [7, 11) is 0. The highest BCUT2D eigenvalue weighted by molar-refractivity contribution is 5.71. The number of carbonyl (C=O) groups excluding carboxylic acids is 3. The maximum atomic E-state index is 12.8. The predicted molar refractivity (Wildman–Crippen MR) is 283 cm³/mol. The lowest BCUT2D eigenvalue weighted by atomic mass is 10.0. The first kappa shape index (κ1) is 62.1. The molecule has 0 amide bonds. The van der Waals surface area contributed by atoms with Gasteiger partial charge in [0.1, 0.15) is 13.2 Å². The second kappa shape index (κ2) is 53.7. The van der Waals surface area contributed by atoms with Crippen LogP contribution in [0.15, 0.2) is 109 Å². The van der Waals surface area contributed by atoms with E-state index in [1.54, 1.807) is 0 Å². The number of unbranched alkanes of at least 4 members (excludes halogenated alkanes) is 18. The SMILES string of the molecule is CC/C=C\C/C=C\C/C=C\C/C=C\C/C=C\C/C=C\CCC(=O)OCC(COC(=O)CCCCCC/C=C\C/C=C\C/C=C\CC)OC(=O)CCCCCCCCCCCCCCCCC. The molecule has 374 valence electrons. The monoisotopic (exact) mass is 915 g/mol. The highest BCUT2D eigenvalue weighted by atomic mass is 16.6. The topological polar surface area (TPSA) is 78.9 Å². The largest absolute Gasteiger partial charge is 0.462 e. The van der Waals surface area contributed by atoms with E-state index in [1.807, 2.05) is 6.08 Å². The number of allylic oxidation sites excluding steroid dienone is 18. The van der Waals surface area contributed by atoms with Crippen LogP contribution < -0.4 is 0 Å². The number of carbonyl (C=O) groups is 3. The molecule has 0 aromatic rings. The van der Waals surface area contributed by atoms with E-state index in [-0.39, 0.29) is 37.5 Å². The van der Waals surface area contributed by atoms with Gasteiger partial charge in [0.2, 0.25) is 0 Å². The lowest BCUT2D eigenvalue weighted by Crippen LogP contribution is -2.30. The first-order valence-electron chi connectivity index (χ1n) is 26.9. The molecule has 0 N–H and O–H groups in total. The van der Waals surface area contributed by atoms with Crippen LogP contribution in [0.5, 0.6) is 0 Å². The summed E-state index contributed by atoms with van der Waals surface area (Å²) in [4.78, 5) is 38.0. The minimum absolute atomic E-state index is 0.113. The minimum atomic E-state index is -0.818. The third-order valence-electron chi connectivity index (χ3n) is 11.0. The van der Waals surface area contributed by atoms with E-state index in [1.165, 1.54) is 77.0 Å². The maximum absolute atomic E-state index is 12.8. The van der Waals surface area contributed by atoms with Crippen LogP contribution in [-0.4, -0.2) is 37.2 Å². The normalized spacial score (nSPS) is 13.0. The predicted octanol–water partition coefficient (Wildman–Crippen LogP) is 17.9. The molecule has 0 saturated carbocycles. The van der Waals surface area contributed by atoms with Crippen molar-refractivity contribution < 1.29 is 28.6 Å². The van der Waals surface area contributed by atoms with Gasteiger partial charge in [-0.3, -0.25) is 14.4 Å². The van der Waals surface area contributed by atoms with Crippen molar-refractivity contribution in [1.82, 2.24) is 0 Å². The van der Waals surface area contributed by atoms with Crippen molar-refractivity contribution >= 4 is 17.9 Å². The van der Waals surface area contributed by atoms with E-state index in [2.05, 4.69) is 124 Å². The second-order valence-corrected chi connectivity index (χ2v) is 17.4. The lowest BCUT2D eigenvalue weighted by molar-refractivity contribution is -0.166. The lowest BCUT2D eigenvalue weighted by Gasteiger charge is -2.18. The molecule has 0 aromatic heterocycles. The van der Waals surface area contributed by atoms with Gasteiger partial charge in [-0.25, -0.2) is 0 Å². The van der Waals surface area contributed by atoms with Gasteiger partial charge in [-0.1, -0.05) is 233 Å². The Balaban J connectivity index is 4.53. The molecule has 0 bridgehead atoms. The van der Waals surface area contributed by atoms with Gasteiger partial charge in [-0.2, -0.15) is 0 Å². The van der Waals surface area contributed by atoms with Crippen molar-refractivity contribution in [2.75, 3.05) is 13.2 Å². The smallest absolute Gasteiger partial charge is 0.306 e. The molecule has 0 heterocycles.